The molecule has 3 heterocycles. The van der Waals surface area contributed by atoms with E-state index in [0.717, 1.165) is 43.3 Å². The van der Waals surface area contributed by atoms with Gasteiger partial charge in [0, 0.05) is 44.6 Å². The molecule has 1 atom stereocenters. The van der Waals surface area contributed by atoms with E-state index in [9.17, 15) is 4.79 Å². The van der Waals surface area contributed by atoms with Crippen LogP contribution in [-0.2, 0) is 7.05 Å². The van der Waals surface area contributed by atoms with Gasteiger partial charge in [0.25, 0.3) is 5.56 Å². The molecule has 1 aliphatic heterocycles. The first-order valence-corrected chi connectivity index (χ1v) is 7.97. The molecule has 1 fully saturated rings. The summed E-state index contributed by atoms with van der Waals surface area (Å²) in [6.07, 6.45) is 6.83. The quantitative estimate of drug-likeness (QED) is 0.918. The van der Waals surface area contributed by atoms with Crippen molar-refractivity contribution in [2.24, 2.45) is 7.05 Å². The van der Waals surface area contributed by atoms with E-state index in [1.807, 2.05) is 13.0 Å². The molecule has 1 unspecified atom stereocenters. The maximum absolute atomic E-state index is 11.5. The van der Waals surface area contributed by atoms with Gasteiger partial charge in [0.05, 0.1) is 5.69 Å². The second-order valence-corrected chi connectivity index (χ2v) is 5.87. The van der Waals surface area contributed by atoms with Crippen molar-refractivity contribution in [3.8, 4) is 0 Å². The largest absolute Gasteiger partial charge is 0.367 e. The zero-order valence-corrected chi connectivity index (χ0v) is 13.6. The van der Waals surface area contributed by atoms with Crippen LogP contribution in [0.1, 0.15) is 25.0 Å². The fraction of sp³-hybridized carbons (Fsp3) is 0.500. The molecule has 122 valence electrons. The molecule has 1 N–H and O–H groups in total. The molecular weight excluding hydrogens is 292 g/mol. The molecule has 0 bridgehead atoms. The molecular formula is C16H22N6O. The molecule has 7 nitrogen and oxygen atoms in total. The summed E-state index contributed by atoms with van der Waals surface area (Å²) in [6, 6.07) is 3.72. The van der Waals surface area contributed by atoms with Crippen molar-refractivity contribution in [1.82, 2.24) is 19.7 Å². The van der Waals surface area contributed by atoms with Crippen LogP contribution in [0.15, 0.2) is 29.3 Å². The lowest BCUT2D eigenvalue weighted by Gasteiger charge is -2.36. The molecule has 2 aromatic rings. The number of hydrogen-bond acceptors (Lipinski definition) is 6. The summed E-state index contributed by atoms with van der Waals surface area (Å²) >= 11 is 0. The van der Waals surface area contributed by atoms with Crippen LogP contribution in [0.25, 0.3) is 0 Å². The van der Waals surface area contributed by atoms with Gasteiger partial charge >= 0.3 is 0 Å². The van der Waals surface area contributed by atoms with E-state index in [1.165, 1.54) is 11.1 Å². The van der Waals surface area contributed by atoms with E-state index >= 15 is 0 Å². The summed E-state index contributed by atoms with van der Waals surface area (Å²) in [5, 5.41) is 7.79. The molecule has 0 spiro atoms. The van der Waals surface area contributed by atoms with E-state index < -0.39 is 0 Å². The van der Waals surface area contributed by atoms with Gasteiger partial charge in [0.1, 0.15) is 11.6 Å². The summed E-state index contributed by atoms with van der Waals surface area (Å²) in [5.41, 5.74) is 0.811. The Morgan fingerprint density at radius 2 is 2.09 bits per heavy atom. The van der Waals surface area contributed by atoms with Crippen LogP contribution in [0.5, 0.6) is 0 Å². The monoisotopic (exact) mass is 314 g/mol. The lowest BCUT2D eigenvalue weighted by atomic mass is 10.0. The van der Waals surface area contributed by atoms with Gasteiger partial charge in [-0.1, -0.05) is 0 Å². The van der Waals surface area contributed by atoms with Gasteiger partial charge in [0.2, 0.25) is 0 Å². The molecule has 3 rings (SSSR count). The Morgan fingerprint density at radius 1 is 1.26 bits per heavy atom. The minimum atomic E-state index is -0.0874. The van der Waals surface area contributed by atoms with Crippen LogP contribution in [0.4, 0.5) is 11.6 Å². The molecule has 0 aromatic carbocycles. The Balaban J connectivity index is 1.75. The lowest BCUT2D eigenvalue weighted by Crippen LogP contribution is -2.45. The highest BCUT2D eigenvalue weighted by Crippen LogP contribution is 2.22. The van der Waals surface area contributed by atoms with E-state index in [0.29, 0.717) is 6.04 Å². The van der Waals surface area contributed by atoms with Crippen molar-refractivity contribution in [1.29, 1.82) is 0 Å². The number of nitrogens with zero attached hydrogens (tertiary/aromatic N) is 5. The first kappa shape index (κ1) is 15.5. The van der Waals surface area contributed by atoms with E-state index in [4.69, 9.17) is 0 Å². The summed E-state index contributed by atoms with van der Waals surface area (Å²) in [5.74, 6) is 1.68. The third-order valence-electron chi connectivity index (χ3n) is 4.25. The second-order valence-electron chi connectivity index (χ2n) is 5.87. The van der Waals surface area contributed by atoms with Gasteiger partial charge in [-0.2, -0.15) is 5.10 Å². The molecule has 0 saturated carbocycles. The molecule has 0 radical (unpaired) electrons. The summed E-state index contributed by atoms with van der Waals surface area (Å²) in [6.45, 7) is 3.68. The van der Waals surface area contributed by atoms with Crippen molar-refractivity contribution in [2.45, 2.75) is 32.2 Å². The Kier molecular flexibility index (Phi) is 4.55. The van der Waals surface area contributed by atoms with Gasteiger partial charge < -0.3 is 10.2 Å². The standard InChI is InChI=1S/C16H22N6O/c1-12-16(18-9-8-17-12)19-11-13-5-3-4-10-22(13)14-6-7-15(23)21(2)20-14/h6-9,13H,3-5,10-11H2,1-2H3,(H,18,19). The van der Waals surface area contributed by atoms with Gasteiger partial charge in [0.15, 0.2) is 0 Å². The number of aromatic nitrogens is 4. The van der Waals surface area contributed by atoms with Crippen molar-refractivity contribution >= 4 is 11.6 Å². The SMILES string of the molecule is Cc1nccnc1NCC1CCCCN1c1ccc(=O)n(C)n1. The van der Waals surface area contributed by atoms with Crippen LogP contribution >= 0.6 is 0 Å². The fourth-order valence-electron chi connectivity index (χ4n) is 2.95. The topological polar surface area (TPSA) is 75.9 Å². The van der Waals surface area contributed by atoms with Gasteiger partial charge in [-0.25, -0.2) is 9.67 Å². The number of aryl methyl sites for hydroxylation is 2. The average molecular weight is 314 g/mol. The van der Waals surface area contributed by atoms with Gasteiger partial charge in [-0.05, 0) is 32.3 Å². The van der Waals surface area contributed by atoms with E-state index in [1.54, 1.807) is 25.5 Å². The van der Waals surface area contributed by atoms with Crippen LogP contribution in [-0.4, -0.2) is 38.9 Å². The molecule has 1 aliphatic rings. The highest BCUT2D eigenvalue weighted by Gasteiger charge is 2.24. The first-order valence-electron chi connectivity index (χ1n) is 7.97. The van der Waals surface area contributed by atoms with Crippen LogP contribution in [0.2, 0.25) is 0 Å². The maximum Gasteiger partial charge on any atom is 0.266 e. The van der Waals surface area contributed by atoms with Gasteiger partial charge in [-0.3, -0.25) is 9.78 Å². The fourth-order valence-corrected chi connectivity index (χ4v) is 2.95. The van der Waals surface area contributed by atoms with E-state index in [2.05, 4.69) is 25.3 Å². The van der Waals surface area contributed by atoms with Crippen LogP contribution in [0, 0.1) is 6.92 Å². The average Bonchev–Trinajstić information content (AvgIpc) is 2.57. The Labute approximate surface area is 135 Å². The predicted octanol–water partition coefficient (Wildman–Crippen LogP) is 1.35. The summed E-state index contributed by atoms with van der Waals surface area (Å²) < 4.78 is 1.39. The molecule has 2 aromatic heterocycles. The van der Waals surface area contributed by atoms with E-state index in [-0.39, 0.29) is 5.56 Å². The number of piperidine rings is 1. The zero-order chi connectivity index (χ0) is 16.2. The Morgan fingerprint density at radius 3 is 2.87 bits per heavy atom. The normalized spacial score (nSPS) is 18.0. The third kappa shape index (κ3) is 3.49. The molecule has 0 amide bonds. The second kappa shape index (κ2) is 6.76. The number of anilines is 2. The molecule has 0 aliphatic carbocycles. The third-order valence-corrected chi connectivity index (χ3v) is 4.25. The Bertz CT molecular complexity index is 729. The van der Waals surface area contributed by atoms with Crippen molar-refractivity contribution in [3.63, 3.8) is 0 Å². The molecule has 7 heteroatoms. The molecule has 23 heavy (non-hydrogen) atoms. The van der Waals surface area contributed by atoms with Crippen molar-refractivity contribution in [3.05, 3.63) is 40.6 Å². The zero-order valence-electron chi connectivity index (χ0n) is 13.6. The van der Waals surface area contributed by atoms with Crippen molar-refractivity contribution in [2.75, 3.05) is 23.3 Å². The lowest BCUT2D eigenvalue weighted by molar-refractivity contribution is 0.464. The Hall–Kier alpha value is -2.44. The minimum absolute atomic E-state index is 0.0874. The smallest absolute Gasteiger partial charge is 0.266 e. The maximum atomic E-state index is 11.5. The number of nitrogens with one attached hydrogen (secondary N) is 1. The minimum Gasteiger partial charge on any atom is -0.367 e. The summed E-state index contributed by atoms with van der Waals surface area (Å²) in [7, 11) is 1.69. The summed E-state index contributed by atoms with van der Waals surface area (Å²) in [4.78, 5) is 22.4. The van der Waals surface area contributed by atoms with Crippen molar-refractivity contribution < 1.29 is 0 Å². The van der Waals surface area contributed by atoms with Crippen LogP contribution < -0.4 is 15.8 Å². The first-order chi connectivity index (χ1) is 11.1. The highest BCUT2D eigenvalue weighted by molar-refractivity contribution is 5.42. The predicted molar refractivity (Wildman–Crippen MR) is 89.7 cm³/mol. The number of hydrogen-bond donors (Lipinski definition) is 1. The highest BCUT2D eigenvalue weighted by atomic mass is 16.1. The van der Waals surface area contributed by atoms with Crippen LogP contribution in [0.3, 0.4) is 0 Å². The number of rotatable bonds is 4. The molecule has 1 saturated heterocycles. The van der Waals surface area contributed by atoms with Gasteiger partial charge in [-0.15, -0.1) is 0 Å².